The van der Waals surface area contributed by atoms with Gasteiger partial charge in [0.05, 0.1) is 28.4 Å². The smallest absolute Gasteiger partial charge is 0.329 e. The Hall–Kier alpha value is -2.28. The molecule has 0 radical (unpaired) electrons. The molecule has 2 aromatic carbocycles. The lowest BCUT2D eigenvalue weighted by atomic mass is 10.2. The number of halogens is 3. The number of anilines is 1. The molecule has 9 heteroatoms. The van der Waals surface area contributed by atoms with Gasteiger partial charge in [-0.25, -0.2) is 5.43 Å². The molecule has 0 aromatic heterocycles. The Morgan fingerprint density at radius 3 is 2.40 bits per heavy atom. The van der Waals surface area contributed by atoms with Crippen molar-refractivity contribution in [2.24, 2.45) is 5.10 Å². The van der Waals surface area contributed by atoms with Crippen LogP contribution >= 0.6 is 34.8 Å². The Labute approximate surface area is 158 Å². The summed E-state index contributed by atoms with van der Waals surface area (Å²) in [6.07, 6.45) is 1.33. The van der Waals surface area contributed by atoms with E-state index < -0.39 is 11.8 Å². The van der Waals surface area contributed by atoms with Crippen LogP contribution < -0.4 is 15.5 Å². The van der Waals surface area contributed by atoms with Crippen molar-refractivity contribution in [3.63, 3.8) is 0 Å². The molecule has 0 aliphatic heterocycles. The van der Waals surface area contributed by atoms with Gasteiger partial charge in [0.15, 0.2) is 0 Å². The molecule has 2 rings (SSSR count). The summed E-state index contributed by atoms with van der Waals surface area (Å²) < 4.78 is 5.00. The molecule has 130 valence electrons. The Morgan fingerprint density at radius 2 is 1.76 bits per heavy atom. The van der Waals surface area contributed by atoms with E-state index in [-0.39, 0.29) is 0 Å². The molecule has 0 aliphatic carbocycles. The standard InChI is InChI=1S/C16H12Cl3N3O3/c1-25-14-5-3-10(7-13(14)19)21-15(23)16(24)22-20-8-9-2-4-11(17)12(18)6-9/h2-8H,1H3,(H,21,23)(H,22,24)/b20-8-. The number of ether oxygens (including phenoxy) is 1. The van der Waals surface area contributed by atoms with Crippen LogP contribution in [0, 0.1) is 0 Å². The minimum Gasteiger partial charge on any atom is -0.495 e. The maximum Gasteiger partial charge on any atom is 0.329 e. The third-order valence-corrected chi connectivity index (χ3v) is 3.97. The molecular formula is C16H12Cl3N3O3. The molecule has 0 aliphatic rings. The first-order valence-corrected chi connectivity index (χ1v) is 7.97. The third kappa shape index (κ3) is 5.35. The van der Waals surface area contributed by atoms with Gasteiger partial charge in [0.25, 0.3) is 0 Å². The Bertz CT molecular complexity index is 841. The lowest BCUT2D eigenvalue weighted by Gasteiger charge is -2.07. The largest absolute Gasteiger partial charge is 0.495 e. The average Bonchev–Trinajstić information content (AvgIpc) is 2.58. The minimum atomic E-state index is -0.941. The molecule has 0 saturated carbocycles. The number of benzene rings is 2. The quantitative estimate of drug-likeness (QED) is 0.466. The van der Waals surface area contributed by atoms with E-state index in [1.807, 2.05) is 0 Å². The number of carbonyl (C=O) groups excluding carboxylic acids is 2. The van der Waals surface area contributed by atoms with Crippen molar-refractivity contribution in [3.05, 3.63) is 57.0 Å². The molecule has 25 heavy (non-hydrogen) atoms. The molecule has 0 bridgehead atoms. The number of hydrogen-bond donors (Lipinski definition) is 2. The van der Waals surface area contributed by atoms with E-state index in [0.717, 1.165) is 0 Å². The van der Waals surface area contributed by atoms with Gasteiger partial charge >= 0.3 is 11.8 Å². The summed E-state index contributed by atoms with van der Waals surface area (Å²) in [5.41, 5.74) is 3.06. The Balaban J connectivity index is 1.93. The fourth-order valence-corrected chi connectivity index (χ4v) is 2.31. The molecule has 0 heterocycles. The van der Waals surface area contributed by atoms with Crippen molar-refractivity contribution in [2.45, 2.75) is 0 Å². The van der Waals surface area contributed by atoms with Gasteiger partial charge < -0.3 is 10.1 Å². The summed E-state index contributed by atoms with van der Waals surface area (Å²) in [4.78, 5) is 23.5. The van der Waals surface area contributed by atoms with Crippen LogP contribution in [0.2, 0.25) is 15.1 Å². The molecular weight excluding hydrogens is 389 g/mol. The van der Waals surface area contributed by atoms with E-state index >= 15 is 0 Å². The summed E-state index contributed by atoms with van der Waals surface area (Å²) in [7, 11) is 1.47. The molecule has 6 nitrogen and oxygen atoms in total. The van der Waals surface area contributed by atoms with Gasteiger partial charge in [-0.3, -0.25) is 9.59 Å². The monoisotopic (exact) mass is 399 g/mol. The number of nitrogens with one attached hydrogen (secondary N) is 2. The zero-order chi connectivity index (χ0) is 18.4. The van der Waals surface area contributed by atoms with E-state index in [1.165, 1.54) is 19.4 Å². The maximum atomic E-state index is 11.8. The number of hydrazone groups is 1. The minimum absolute atomic E-state index is 0.304. The molecule has 2 N–H and O–H groups in total. The van der Waals surface area contributed by atoms with Gasteiger partial charge in [-0.1, -0.05) is 40.9 Å². The fourth-order valence-electron chi connectivity index (χ4n) is 1.74. The number of rotatable bonds is 4. The molecule has 0 atom stereocenters. The normalized spacial score (nSPS) is 10.6. The van der Waals surface area contributed by atoms with Gasteiger partial charge in [-0.2, -0.15) is 5.10 Å². The second kappa shape index (κ2) is 8.71. The van der Waals surface area contributed by atoms with Crippen LogP contribution in [0.3, 0.4) is 0 Å². The van der Waals surface area contributed by atoms with Crippen molar-refractivity contribution >= 4 is 58.5 Å². The van der Waals surface area contributed by atoms with Gasteiger partial charge in [0.2, 0.25) is 0 Å². The van der Waals surface area contributed by atoms with E-state index in [2.05, 4.69) is 15.8 Å². The van der Waals surface area contributed by atoms with Gasteiger partial charge in [0, 0.05) is 5.69 Å². The molecule has 2 aromatic rings. The molecule has 0 unspecified atom stereocenters. The van der Waals surface area contributed by atoms with Gasteiger partial charge in [-0.15, -0.1) is 0 Å². The first kappa shape index (κ1) is 19.1. The predicted octanol–water partition coefficient (Wildman–Crippen LogP) is 3.74. The van der Waals surface area contributed by atoms with Crippen molar-refractivity contribution in [3.8, 4) is 5.75 Å². The first-order valence-electron chi connectivity index (χ1n) is 6.83. The van der Waals surface area contributed by atoms with Crippen LogP contribution in [0.15, 0.2) is 41.5 Å². The predicted molar refractivity (Wildman–Crippen MR) is 98.8 cm³/mol. The van der Waals surface area contributed by atoms with E-state index in [9.17, 15) is 9.59 Å². The van der Waals surface area contributed by atoms with Crippen LogP contribution in [0.5, 0.6) is 5.75 Å². The van der Waals surface area contributed by atoms with Gasteiger partial charge in [-0.05, 0) is 35.9 Å². The molecule has 0 fully saturated rings. The lowest BCUT2D eigenvalue weighted by Crippen LogP contribution is -2.32. The number of carbonyl (C=O) groups is 2. The van der Waals surface area contributed by atoms with Crippen LogP contribution in [0.4, 0.5) is 5.69 Å². The highest BCUT2D eigenvalue weighted by molar-refractivity contribution is 6.42. The Morgan fingerprint density at radius 1 is 1.00 bits per heavy atom. The zero-order valence-electron chi connectivity index (χ0n) is 12.8. The fraction of sp³-hybridized carbons (Fsp3) is 0.0625. The molecule has 0 saturated heterocycles. The summed E-state index contributed by atoms with van der Waals surface area (Å²) in [6.45, 7) is 0. The summed E-state index contributed by atoms with van der Waals surface area (Å²) >= 11 is 17.6. The van der Waals surface area contributed by atoms with E-state index in [0.29, 0.717) is 32.1 Å². The number of amides is 2. The second-order valence-corrected chi connectivity index (χ2v) is 5.90. The molecule has 2 amide bonds. The van der Waals surface area contributed by atoms with Crippen molar-refractivity contribution < 1.29 is 14.3 Å². The van der Waals surface area contributed by atoms with E-state index in [4.69, 9.17) is 39.5 Å². The Kier molecular flexibility index (Phi) is 6.64. The van der Waals surface area contributed by atoms with Crippen molar-refractivity contribution in [1.82, 2.24) is 5.43 Å². The van der Waals surface area contributed by atoms with Crippen LogP contribution in [0.1, 0.15) is 5.56 Å². The summed E-state index contributed by atoms with van der Waals surface area (Å²) in [5, 5.41) is 7.14. The van der Waals surface area contributed by atoms with Crippen molar-refractivity contribution in [2.75, 3.05) is 12.4 Å². The van der Waals surface area contributed by atoms with Crippen LogP contribution in [-0.4, -0.2) is 25.1 Å². The number of methoxy groups -OCH3 is 1. The number of nitrogens with zero attached hydrogens (tertiary/aromatic N) is 1. The lowest BCUT2D eigenvalue weighted by molar-refractivity contribution is -0.136. The van der Waals surface area contributed by atoms with E-state index in [1.54, 1.807) is 30.3 Å². The third-order valence-electron chi connectivity index (χ3n) is 2.94. The first-order chi connectivity index (χ1) is 11.9. The zero-order valence-corrected chi connectivity index (χ0v) is 15.1. The summed E-state index contributed by atoms with van der Waals surface area (Å²) in [5.74, 6) is -1.38. The van der Waals surface area contributed by atoms with Crippen LogP contribution in [-0.2, 0) is 9.59 Å². The highest BCUT2D eigenvalue weighted by Gasteiger charge is 2.13. The second-order valence-electron chi connectivity index (χ2n) is 4.68. The SMILES string of the molecule is COc1ccc(NC(=O)C(=O)N/N=C\c2ccc(Cl)c(Cl)c2)cc1Cl. The summed E-state index contributed by atoms with van der Waals surface area (Å²) in [6, 6.07) is 9.40. The highest BCUT2D eigenvalue weighted by Crippen LogP contribution is 2.27. The van der Waals surface area contributed by atoms with Crippen LogP contribution in [0.25, 0.3) is 0 Å². The average molecular weight is 401 g/mol. The molecule has 0 spiro atoms. The van der Waals surface area contributed by atoms with Gasteiger partial charge in [0.1, 0.15) is 5.75 Å². The maximum absolute atomic E-state index is 11.8. The highest BCUT2D eigenvalue weighted by atomic mass is 35.5. The van der Waals surface area contributed by atoms with Crippen molar-refractivity contribution in [1.29, 1.82) is 0 Å². The topological polar surface area (TPSA) is 79.8 Å². The number of hydrogen-bond acceptors (Lipinski definition) is 4.